The van der Waals surface area contributed by atoms with E-state index in [1.165, 1.54) is 32.1 Å². The fourth-order valence-corrected chi connectivity index (χ4v) is 4.89. The summed E-state index contributed by atoms with van der Waals surface area (Å²) >= 11 is 0. The minimum absolute atomic E-state index is 0.00726. The molecule has 1 nitrogen and oxygen atoms in total. The summed E-state index contributed by atoms with van der Waals surface area (Å²) in [5.41, 5.74) is 1.04. The van der Waals surface area contributed by atoms with E-state index in [0.29, 0.717) is 0 Å². The Labute approximate surface area is 114 Å². The van der Waals surface area contributed by atoms with Gasteiger partial charge in [0.1, 0.15) is 5.82 Å². The first-order chi connectivity index (χ1) is 9.27. The highest BCUT2D eigenvalue weighted by Gasteiger charge is 2.47. The van der Waals surface area contributed by atoms with Crippen molar-refractivity contribution in [3.63, 3.8) is 0 Å². The zero-order valence-corrected chi connectivity index (χ0v) is 11.4. The van der Waals surface area contributed by atoms with Crippen LogP contribution in [0.4, 0.5) is 4.39 Å². The lowest BCUT2D eigenvalue weighted by atomic mass is 9.66. The fraction of sp³-hybridized carbons (Fsp3) is 0.647. The Morgan fingerprint density at radius 3 is 2.58 bits per heavy atom. The Morgan fingerprint density at radius 2 is 2.00 bits per heavy atom. The Balaban J connectivity index is 1.59. The van der Waals surface area contributed by atoms with Crippen molar-refractivity contribution in [2.24, 2.45) is 17.8 Å². The highest BCUT2D eigenvalue weighted by molar-refractivity contribution is 5.31. The maximum absolute atomic E-state index is 14.1. The van der Waals surface area contributed by atoms with E-state index in [1.54, 1.807) is 12.1 Å². The maximum atomic E-state index is 14.1. The molecular weight excluding hydrogens is 237 g/mol. The van der Waals surface area contributed by atoms with Crippen LogP contribution in [0.1, 0.15) is 37.7 Å². The molecule has 0 spiro atoms. The van der Waals surface area contributed by atoms with Gasteiger partial charge in [-0.15, -0.1) is 0 Å². The van der Waals surface area contributed by atoms with Gasteiger partial charge in [-0.05, 0) is 55.1 Å². The molecule has 3 unspecified atom stereocenters. The quantitative estimate of drug-likeness (QED) is 0.876. The van der Waals surface area contributed by atoms with E-state index in [9.17, 15) is 4.39 Å². The van der Waals surface area contributed by atoms with Gasteiger partial charge in [-0.25, -0.2) is 4.39 Å². The summed E-state index contributed by atoms with van der Waals surface area (Å²) in [4.78, 5) is 0. The monoisotopic (exact) mass is 259 g/mol. The van der Waals surface area contributed by atoms with Gasteiger partial charge in [0.2, 0.25) is 0 Å². The van der Waals surface area contributed by atoms with Crippen LogP contribution < -0.4 is 5.32 Å². The van der Waals surface area contributed by atoms with Crippen molar-refractivity contribution in [1.29, 1.82) is 0 Å². The first-order valence-electron chi connectivity index (χ1n) is 7.73. The second-order valence-electron chi connectivity index (χ2n) is 7.00. The Hall–Kier alpha value is -0.890. The van der Waals surface area contributed by atoms with Crippen molar-refractivity contribution >= 4 is 0 Å². The van der Waals surface area contributed by atoms with Crippen molar-refractivity contribution in [3.05, 3.63) is 35.6 Å². The van der Waals surface area contributed by atoms with Crippen molar-refractivity contribution < 1.29 is 4.39 Å². The third-order valence-corrected chi connectivity index (χ3v) is 5.91. The van der Waals surface area contributed by atoms with E-state index < -0.39 is 0 Å². The van der Waals surface area contributed by atoms with Crippen LogP contribution in [-0.4, -0.2) is 13.1 Å². The minimum Gasteiger partial charge on any atom is -0.315 e. The van der Waals surface area contributed by atoms with E-state index in [1.807, 2.05) is 12.1 Å². The molecule has 1 heterocycles. The van der Waals surface area contributed by atoms with Crippen LogP contribution in [-0.2, 0) is 5.41 Å². The summed E-state index contributed by atoms with van der Waals surface area (Å²) in [7, 11) is 0. The molecular formula is C17H22FN. The highest BCUT2D eigenvalue weighted by Crippen LogP contribution is 2.52. The summed E-state index contributed by atoms with van der Waals surface area (Å²) in [5, 5.41) is 3.38. The van der Waals surface area contributed by atoms with Gasteiger partial charge in [-0.1, -0.05) is 24.6 Å². The molecule has 1 aromatic carbocycles. The molecule has 1 N–H and O–H groups in total. The number of fused-ring (bicyclic) bond motifs is 2. The van der Waals surface area contributed by atoms with Crippen LogP contribution >= 0.6 is 0 Å². The van der Waals surface area contributed by atoms with Gasteiger partial charge < -0.3 is 5.32 Å². The molecule has 2 heteroatoms. The third-order valence-electron chi connectivity index (χ3n) is 5.91. The topological polar surface area (TPSA) is 12.0 Å². The average molecular weight is 259 g/mol. The number of rotatable bonds is 3. The van der Waals surface area contributed by atoms with Crippen molar-refractivity contribution in [1.82, 2.24) is 5.32 Å². The molecule has 1 aromatic rings. The summed E-state index contributed by atoms with van der Waals surface area (Å²) in [6, 6.07) is 7.41. The van der Waals surface area contributed by atoms with Crippen LogP contribution in [0.5, 0.6) is 0 Å². The van der Waals surface area contributed by atoms with Gasteiger partial charge in [0, 0.05) is 18.5 Å². The first kappa shape index (κ1) is 11.9. The molecule has 102 valence electrons. The van der Waals surface area contributed by atoms with Gasteiger partial charge in [-0.2, -0.15) is 0 Å². The van der Waals surface area contributed by atoms with Gasteiger partial charge in [0.05, 0.1) is 0 Å². The number of hydrogen-bond acceptors (Lipinski definition) is 1. The molecule has 0 aromatic heterocycles. The SMILES string of the molecule is Fc1ccccc1C1(CC2CC3CCC2C3)CNC1. The van der Waals surface area contributed by atoms with E-state index in [-0.39, 0.29) is 11.2 Å². The predicted octanol–water partition coefficient (Wildman–Crippen LogP) is 3.49. The Kier molecular flexibility index (Phi) is 2.70. The van der Waals surface area contributed by atoms with Crippen LogP contribution in [0.25, 0.3) is 0 Å². The molecule has 1 aliphatic heterocycles. The molecule has 1 saturated heterocycles. The lowest BCUT2D eigenvalue weighted by Gasteiger charge is -2.46. The van der Waals surface area contributed by atoms with Crippen molar-refractivity contribution in [2.75, 3.05) is 13.1 Å². The summed E-state index contributed by atoms with van der Waals surface area (Å²) in [6.45, 7) is 1.92. The second kappa shape index (κ2) is 4.31. The zero-order valence-electron chi connectivity index (χ0n) is 11.4. The van der Waals surface area contributed by atoms with Gasteiger partial charge >= 0.3 is 0 Å². The van der Waals surface area contributed by atoms with E-state index in [2.05, 4.69) is 5.32 Å². The molecule has 3 aliphatic rings. The van der Waals surface area contributed by atoms with Gasteiger partial charge in [-0.3, -0.25) is 0 Å². The molecule has 2 saturated carbocycles. The normalized spacial score (nSPS) is 35.3. The summed E-state index contributed by atoms with van der Waals surface area (Å²) in [6.07, 6.45) is 6.93. The molecule has 3 fully saturated rings. The fourth-order valence-electron chi connectivity index (χ4n) is 4.89. The molecule has 2 bridgehead atoms. The van der Waals surface area contributed by atoms with E-state index in [4.69, 9.17) is 0 Å². The maximum Gasteiger partial charge on any atom is 0.127 e. The molecule has 0 radical (unpaired) electrons. The second-order valence-corrected chi connectivity index (χ2v) is 7.00. The molecule has 0 amide bonds. The largest absolute Gasteiger partial charge is 0.315 e. The lowest BCUT2D eigenvalue weighted by Crippen LogP contribution is -2.58. The number of nitrogens with one attached hydrogen (secondary N) is 1. The average Bonchev–Trinajstić information content (AvgIpc) is 2.97. The minimum atomic E-state index is -0.00726. The lowest BCUT2D eigenvalue weighted by molar-refractivity contribution is 0.176. The summed E-state index contributed by atoms with van der Waals surface area (Å²) in [5.74, 6) is 2.77. The third kappa shape index (κ3) is 1.84. The van der Waals surface area contributed by atoms with Crippen LogP contribution in [0.15, 0.2) is 24.3 Å². The van der Waals surface area contributed by atoms with Crippen molar-refractivity contribution in [2.45, 2.75) is 37.5 Å². The van der Waals surface area contributed by atoms with E-state index in [0.717, 1.165) is 36.4 Å². The Morgan fingerprint density at radius 1 is 1.16 bits per heavy atom. The number of benzene rings is 1. The smallest absolute Gasteiger partial charge is 0.127 e. The standard InChI is InChI=1S/C17H22FN/c18-16-4-2-1-3-15(16)17(10-19-11-17)9-14-8-12-5-6-13(14)7-12/h1-4,12-14,19H,5-11H2. The van der Waals surface area contributed by atoms with Gasteiger partial charge in [0.25, 0.3) is 0 Å². The van der Waals surface area contributed by atoms with E-state index >= 15 is 0 Å². The van der Waals surface area contributed by atoms with Crippen molar-refractivity contribution in [3.8, 4) is 0 Å². The van der Waals surface area contributed by atoms with Crippen LogP contribution in [0.3, 0.4) is 0 Å². The highest BCUT2D eigenvalue weighted by atomic mass is 19.1. The molecule has 19 heavy (non-hydrogen) atoms. The molecule has 2 aliphatic carbocycles. The Bertz CT molecular complexity index is 480. The summed E-state index contributed by atoms with van der Waals surface area (Å²) < 4.78 is 14.1. The van der Waals surface area contributed by atoms with Crippen LogP contribution in [0.2, 0.25) is 0 Å². The number of hydrogen-bond donors (Lipinski definition) is 1. The van der Waals surface area contributed by atoms with Crippen LogP contribution in [0, 0.1) is 23.6 Å². The first-order valence-corrected chi connectivity index (χ1v) is 7.73. The number of halogens is 1. The predicted molar refractivity (Wildman–Crippen MR) is 74.5 cm³/mol. The van der Waals surface area contributed by atoms with Gasteiger partial charge in [0.15, 0.2) is 0 Å². The zero-order chi connectivity index (χ0) is 12.9. The molecule has 3 atom stereocenters. The molecule has 4 rings (SSSR count).